The predicted octanol–water partition coefficient (Wildman–Crippen LogP) is 4.16. The van der Waals surface area contributed by atoms with Crippen LogP contribution in [-0.2, 0) is 11.3 Å². The van der Waals surface area contributed by atoms with Crippen LogP contribution in [0, 0.1) is 12.8 Å². The number of likely N-dealkylation sites (tertiary alicyclic amines) is 1. The molecule has 1 amide bonds. The van der Waals surface area contributed by atoms with Gasteiger partial charge in [-0.3, -0.25) is 14.5 Å². The number of carboxylic acid groups (broad SMARTS) is 1. The Hall–Kier alpha value is -3.18. The Balaban J connectivity index is 1.48. The average molecular weight is 402 g/mol. The third-order valence-corrected chi connectivity index (χ3v) is 5.90. The largest absolute Gasteiger partial charge is 0.481 e. The second kappa shape index (κ2) is 8.28. The highest BCUT2D eigenvalue weighted by molar-refractivity contribution is 5.96. The standard InChI is InChI=1S/C25H26N2O3/c1-16-10-11-18(13-27-14-20(15-27)25(29)30)12-23(16)24(28)26-17(2)21-9-5-7-19-6-3-4-8-22(19)21/h3-12,17,20H,13-15H2,1-2H3,(H,26,28)(H,29,30)/t17-/m1/s1. The Morgan fingerprint density at radius 2 is 1.83 bits per heavy atom. The summed E-state index contributed by atoms with van der Waals surface area (Å²) >= 11 is 0. The molecule has 0 aromatic heterocycles. The number of carboxylic acids is 1. The molecule has 0 saturated carbocycles. The molecule has 4 rings (SSSR count). The van der Waals surface area contributed by atoms with Crippen LogP contribution in [0.15, 0.2) is 60.7 Å². The molecular formula is C25H26N2O3. The van der Waals surface area contributed by atoms with E-state index in [0.29, 0.717) is 25.2 Å². The van der Waals surface area contributed by atoms with Gasteiger partial charge in [-0.2, -0.15) is 0 Å². The van der Waals surface area contributed by atoms with Gasteiger partial charge in [-0.25, -0.2) is 0 Å². The van der Waals surface area contributed by atoms with E-state index in [1.165, 1.54) is 0 Å². The van der Waals surface area contributed by atoms with E-state index in [-0.39, 0.29) is 17.9 Å². The summed E-state index contributed by atoms with van der Waals surface area (Å²) < 4.78 is 0. The number of aryl methyl sites for hydroxylation is 1. The molecular weight excluding hydrogens is 376 g/mol. The molecule has 5 nitrogen and oxygen atoms in total. The molecule has 3 aromatic rings. The van der Waals surface area contributed by atoms with E-state index in [0.717, 1.165) is 27.5 Å². The Kier molecular flexibility index (Phi) is 5.55. The van der Waals surface area contributed by atoms with Crippen molar-refractivity contribution in [2.24, 2.45) is 5.92 Å². The molecule has 2 N–H and O–H groups in total. The zero-order chi connectivity index (χ0) is 21.3. The molecule has 0 spiro atoms. The number of aliphatic carboxylic acids is 1. The molecule has 0 aliphatic carbocycles. The lowest BCUT2D eigenvalue weighted by Gasteiger charge is -2.36. The summed E-state index contributed by atoms with van der Waals surface area (Å²) in [6.45, 7) is 5.71. The molecule has 30 heavy (non-hydrogen) atoms. The van der Waals surface area contributed by atoms with Crippen LogP contribution in [0.4, 0.5) is 0 Å². The number of fused-ring (bicyclic) bond motifs is 1. The quantitative estimate of drug-likeness (QED) is 0.650. The Morgan fingerprint density at radius 3 is 2.60 bits per heavy atom. The molecule has 5 heteroatoms. The van der Waals surface area contributed by atoms with Crippen molar-refractivity contribution in [2.45, 2.75) is 26.4 Å². The van der Waals surface area contributed by atoms with Crippen LogP contribution in [0.5, 0.6) is 0 Å². The number of benzene rings is 3. The zero-order valence-electron chi connectivity index (χ0n) is 17.3. The van der Waals surface area contributed by atoms with Crippen LogP contribution in [0.2, 0.25) is 0 Å². The minimum absolute atomic E-state index is 0.0955. The lowest BCUT2D eigenvalue weighted by atomic mass is 9.97. The molecule has 1 saturated heterocycles. The van der Waals surface area contributed by atoms with Crippen molar-refractivity contribution in [1.82, 2.24) is 10.2 Å². The maximum atomic E-state index is 13.0. The molecule has 0 bridgehead atoms. The van der Waals surface area contributed by atoms with Crippen LogP contribution in [0.3, 0.4) is 0 Å². The lowest BCUT2D eigenvalue weighted by Crippen LogP contribution is -2.49. The molecule has 3 aromatic carbocycles. The van der Waals surface area contributed by atoms with Gasteiger partial charge >= 0.3 is 5.97 Å². The van der Waals surface area contributed by atoms with Crippen LogP contribution < -0.4 is 5.32 Å². The van der Waals surface area contributed by atoms with Crippen molar-refractivity contribution < 1.29 is 14.7 Å². The second-order valence-electron chi connectivity index (χ2n) is 8.14. The summed E-state index contributed by atoms with van der Waals surface area (Å²) in [7, 11) is 0. The predicted molar refractivity (Wildman–Crippen MR) is 117 cm³/mol. The van der Waals surface area contributed by atoms with E-state index in [1.54, 1.807) is 0 Å². The second-order valence-corrected chi connectivity index (χ2v) is 8.14. The average Bonchev–Trinajstić information content (AvgIpc) is 2.70. The number of carbonyl (C=O) groups excluding carboxylic acids is 1. The third-order valence-electron chi connectivity index (χ3n) is 5.90. The Bertz CT molecular complexity index is 1100. The summed E-state index contributed by atoms with van der Waals surface area (Å²) in [4.78, 5) is 26.1. The first kappa shape index (κ1) is 20.1. The van der Waals surface area contributed by atoms with Crippen LogP contribution in [-0.4, -0.2) is 35.0 Å². The van der Waals surface area contributed by atoms with Gasteiger partial charge in [0.2, 0.25) is 0 Å². The summed E-state index contributed by atoms with van der Waals surface area (Å²) in [5.41, 5.74) is 3.70. The monoisotopic (exact) mass is 402 g/mol. The van der Waals surface area contributed by atoms with E-state index >= 15 is 0 Å². The molecule has 1 heterocycles. The molecule has 1 fully saturated rings. The molecule has 1 aliphatic rings. The number of nitrogens with zero attached hydrogens (tertiary/aromatic N) is 1. The number of nitrogens with one attached hydrogen (secondary N) is 1. The van der Waals surface area contributed by atoms with E-state index in [2.05, 4.69) is 34.5 Å². The SMILES string of the molecule is Cc1ccc(CN2CC(C(=O)O)C2)cc1C(=O)N[C@H](C)c1cccc2ccccc12. The van der Waals surface area contributed by atoms with Crippen LogP contribution >= 0.6 is 0 Å². The summed E-state index contributed by atoms with van der Waals surface area (Å²) in [6.07, 6.45) is 0. The van der Waals surface area contributed by atoms with Crippen LogP contribution in [0.25, 0.3) is 10.8 Å². The van der Waals surface area contributed by atoms with Gasteiger partial charge < -0.3 is 10.4 Å². The summed E-state index contributed by atoms with van der Waals surface area (Å²) in [5.74, 6) is -1.11. The molecule has 1 aliphatic heterocycles. The first-order valence-electron chi connectivity index (χ1n) is 10.3. The highest BCUT2D eigenvalue weighted by atomic mass is 16.4. The number of hydrogen-bond donors (Lipinski definition) is 2. The number of amides is 1. The topological polar surface area (TPSA) is 69.6 Å². The third kappa shape index (κ3) is 4.07. The van der Waals surface area contributed by atoms with E-state index in [4.69, 9.17) is 5.11 Å². The first-order valence-corrected chi connectivity index (χ1v) is 10.3. The lowest BCUT2D eigenvalue weighted by molar-refractivity contribution is -0.147. The first-order chi connectivity index (χ1) is 14.4. The van der Waals surface area contributed by atoms with Gasteiger partial charge in [-0.1, -0.05) is 54.6 Å². The van der Waals surface area contributed by atoms with Gasteiger partial charge in [0.15, 0.2) is 0 Å². The van der Waals surface area contributed by atoms with E-state index in [1.807, 2.05) is 50.2 Å². The highest BCUT2D eigenvalue weighted by Gasteiger charge is 2.32. The Labute approximate surface area is 176 Å². The van der Waals surface area contributed by atoms with Crippen molar-refractivity contribution in [1.29, 1.82) is 0 Å². The summed E-state index contributed by atoms with van der Waals surface area (Å²) in [6, 6.07) is 20.1. The fourth-order valence-corrected chi connectivity index (χ4v) is 4.11. The van der Waals surface area contributed by atoms with Gasteiger partial charge in [-0.05, 0) is 47.4 Å². The van der Waals surface area contributed by atoms with Crippen molar-refractivity contribution in [3.8, 4) is 0 Å². The highest BCUT2D eigenvalue weighted by Crippen LogP contribution is 2.25. The van der Waals surface area contributed by atoms with Crippen molar-refractivity contribution in [2.75, 3.05) is 13.1 Å². The minimum atomic E-state index is -0.738. The number of hydrogen-bond acceptors (Lipinski definition) is 3. The summed E-state index contributed by atoms with van der Waals surface area (Å²) in [5, 5.41) is 14.5. The van der Waals surface area contributed by atoms with Crippen molar-refractivity contribution >= 4 is 22.6 Å². The molecule has 0 radical (unpaired) electrons. The zero-order valence-corrected chi connectivity index (χ0v) is 17.3. The van der Waals surface area contributed by atoms with Gasteiger partial charge in [-0.15, -0.1) is 0 Å². The smallest absolute Gasteiger partial charge is 0.309 e. The maximum absolute atomic E-state index is 13.0. The van der Waals surface area contributed by atoms with Crippen molar-refractivity contribution in [3.63, 3.8) is 0 Å². The Morgan fingerprint density at radius 1 is 1.10 bits per heavy atom. The fourth-order valence-electron chi connectivity index (χ4n) is 4.11. The fraction of sp³-hybridized carbons (Fsp3) is 0.280. The maximum Gasteiger partial charge on any atom is 0.309 e. The van der Waals surface area contributed by atoms with Crippen LogP contribution in [0.1, 0.15) is 40.0 Å². The number of rotatable bonds is 6. The van der Waals surface area contributed by atoms with E-state index in [9.17, 15) is 9.59 Å². The van der Waals surface area contributed by atoms with Gasteiger partial charge in [0.25, 0.3) is 5.91 Å². The minimum Gasteiger partial charge on any atom is -0.481 e. The van der Waals surface area contributed by atoms with Gasteiger partial charge in [0.1, 0.15) is 0 Å². The molecule has 154 valence electrons. The van der Waals surface area contributed by atoms with Crippen molar-refractivity contribution in [3.05, 3.63) is 82.9 Å². The normalized spacial score (nSPS) is 15.5. The molecule has 0 unspecified atom stereocenters. The van der Waals surface area contributed by atoms with E-state index < -0.39 is 5.97 Å². The molecule has 1 atom stereocenters. The van der Waals surface area contributed by atoms with Gasteiger partial charge in [0, 0.05) is 25.2 Å². The number of carbonyl (C=O) groups is 2. The van der Waals surface area contributed by atoms with Gasteiger partial charge in [0.05, 0.1) is 12.0 Å².